The molecule has 8 nitrogen and oxygen atoms in total. The molecule has 0 aliphatic rings. The van der Waals surface area contributed by atoms with Gasteiger partial charge >= 0.3 is 14.3 Å². The number of carbonyl (C=O) groups is 1. The molecule has 34 heavy (non-hydrogen) atoms. The van der Waals surface area contributed by atoms with Gasteiger partial charge in [0.05, 0.1) is 0 Å². The molecule has 0 N–H and O–H groups in total. The fraction of sp³-hybridized carbons (Fsp3) is 0.947. The van der Waals surface area contributed by atoms with Crippen LogP contribution in [0, 0.1) is 0 Å². The van der Waals surface area contributed by atoms with Crippen LogP contribution < -0.4 is 0 Å². The molecule has 204 valence electrons. The SMILES string of the molecule is CCCC(C=O)(O[Si](O[Si](C)(C)C)(O[Si](C)(C)C)[SiH2]O[SiH3])C(OC)(O[Si](C)(C)C)O[Si](C)(C)C. The molecule has 0 heterocycles. The highest BCUT2D eigenvalue weighted by Gasteiger charge is 2.64. The molecule has 0 spiro atoms. The number of rotatable bonds is 17. The summed E-state index contributed by atoms with van der Waals surface area (Å²) in [4.78, 5) is 13.2. The number of aldehydes is 1. The molecule has 15 heteroatoms. The van der Waals surface area contributed by atoms with Gasteiger partial charge in [-0.15, -0.1) is 0 Å². The fourth-order valence-corrected chi connectivity index (χ4v) is 30.0. The minimum absolute atomic E-state index is 0.341. The van der Waals surface area contributed by atoms with Gasteiger partial charge in [-0.05, 0) is 85.0 Å². The molecule has 0 amide bonds. The summed E-state index contributed by atoms with van der Waals surface area (Å²) in [6.07, 6.45) is 1.81. The van der Waals surface area contributed by atoms with Crippen molar-refractivity contribution in [3.05, 3.63) is 0 Å². The molecule has 1 atom stereocenters. The van der Waals surface area contributed by atoms with E-state index in [1.807, 2.05) is 46.2 Å². The minimum Gasteiger partial charge on any atom is -0.465 e. The molecule has 0 aromatic heterocycles. The molecule has 1 unspecified atom stereocenters. The molecule has 0 fully saturated rings. The Morgan fingerprint density at radius 2 is 1.18 bits per heavy atom. The van der Waals surface area contributed by atoms with Crippen LogP contribution in [0.3, 0.4) is 0 Å². The second-order valence-electron chi connectivity index (χ2n) is 12.6. The number of hydrogen-bond donors (Lipinski definition) is 0. The van der Waals surface area contributed by atoms with Gasteiger partial charge in [0.25, 0.3) is 0 Å². The molecule has 0 aromatic carbocycles. The van der Waals surface area contributed by atoms with E-state index in [1.165, 1.54) is 7.11 Å². The lowest BCUT2D eigenvalue weighted by Gasteiger charge is -2.53. The van der Waals surface area contributed by atoms with Crippen LogP contribution in [-0.4, -0.2) is 86.3 Å². The lowest BCUT2D eigenvalue weighted by atomic mass is 9.97. The van der Waals surface area contributed by atoms with Gasteiger partial charge in [0.2, 0.25) is 9.28 Å². The Hall–Kier alpha value is 0.908. The van der Waals surface area contributed by atoms with E-state index in [-0.39, 0.29) is 0 Å². The third-order valence-corrected chi connectivity index (χ3v) is 22.1. The van der Waals surface area contributed by atoms with Crippen LogP contribution in [0.4, 0.5) is 0 Å². The third-order valence-electron chi connectivity index (χ3n) is 4.06. The summed E-state index contributed by atoms with van der Waals surface area (Å²) in [5, 5.41) is 0. The largest absolute Gasteiger partial charge is 0.474 e. The van der Waals surface area contributed by atoms with Crippen molar-refractivity contribution in [1.29, 1.82) is 0 Å². The van der Waals surface area contributed by atoms with Crippen LogP contribution in [0.2, 0.25) is 78.6 Å². The van der Waals surface area contributed by atoms with Crippen LogP contribution in [0.1, 0.15) is 19.8 Å². The maximum atomic E-state index is 13.2. The highest BCUT2D eigenvalue weighted by Crippen LogP contribution is 2.42. The molecule has 0 aliphatic carbocycles. The molecular formula is C19H52O8Si7. The average molecular weight is 605 g/mol. The number of hydrogen-bond acceptors (Lipinski definition) is 8. The zero-order valence-electron chi connectivity index (χ0n) is 24.5. The van der Waals surface area contributed by atoms with Crippen molar-refractivity contribution in [2.24, 2.45) is 0 Å². The van der Waals surface area contributed by atoms with Crippen LogP contribution in [0.25, 0.3) is 0 Å². The van der Waals surface area contributed by atoms with E-state index in [0.29, 0.717) is 23.3 Å². The van der Waals surface area contributed by atoms with Gasteiger partial charge in [0.15, 0.2) is 45.2 Å². The van der Waals surface area contributed by atoms with Crippen molar-refractivity contribution in [3.63, 3.8) is 0 Å². The zero-order chi connectivity index (χ0) is 27.3. The second-order valence-corrected chi connectivity index (χ2v) is 39.2. The van der Waals surface area contributed by atoms with E-state index >= 15 is 0 Å². The predicted molar refractivity (Wildman–Crippen MR) is 158 cm³/mol. The van der Waals surface area contributed by atoms with Crippen molar-refractivity contribution in [2.45, 2.75) is 110 Å². The first-order valence-corrected chi connectivity index (χ1v) is 31.1. The normalized spacial score (nSPS) is 16.9. The van der Waals surface area contributed by atoms with Gasteiger partial charge in [-0.2, -0.15) is 0 Å². The van der Waals surface area contributed by atoms with Gasteiger partial charge in [0, 0.05) is 7.11 Å². The van der Waals surface area contributed by atoms with E-state index in [4.69, 9.17) is 30.4 Å². The third kappa shape index (κ3) is 11.5. The molecule has 0 saturated carbocycles. The lowest BCUT2D eigenvalue weighted by molar-refractivity contribution is -0.363. The summed E-state index contributed by atoms with van der Waals surface area (Å²) >= 11 is 0. The Morgan fingerprint density at radius 3 is 1.41 bits per heavy atom. The quantitative estimate of drug-likeness (QED) is 0.142. The topological polar surface area (TPSA) is 81.7 Å². The van der Waals surface area contributed by atoms with Crippen molar-refractivity contribution in [3.8, 4) is 0 Å². The van der Waals surface area contributed by atoms with Gasteiger partial charge in [-0.1, -0.05) is 13.3 Å². The van der Waals surface area contributed by atoms with Gasteiger partial charge in [-0.3, -0.25) is 4.79 Å². The Balaban J connectivity index is 7.23. The predicted octanol–water partition coefficient (Wildman–Crippen LogP) is 3.26. The Kier molecular flexibility index (Phi) is 13.0. The maximum Gasteiger partial charge on any atom is 0.474 e. The molecular weight excluding hydrogens is 553 g/mol. The van der Waals surface area contributed by atoms with E-state index in [2.05, 4.69) is 39.3 Å². The van der Waals surface area contributed by atoms with E-state index in [0.717, 1.165) is 6.29 Å². The van der Waals surface area contributed by atoms with Crippen LogP contribution in [0.15, 0.2) is 0 Å². The van der Waals surface area contributed by atoms with Crippen LogP contribution in [-0.2, 0) is 35.2 Å². The summed E-state index contributed by atoms with van der Waals surface area (Å²) in [5.74, 6) is -1.71. The summed E-state index contributed by atoms with van der Waals surface area (Å²) in [6.45, 7) is 26.9. The average Bonchev–Trinajstić information content (AvgIpc) is 2.55. The van der Waals surface area contributed by atoms with Gasteiger partial charge < -0.3 is 30.4 Å². The Labute approximate surface area is 219 Å². The van der Waals surface area contributed by atoms with E-state index < -0.39 is 62.4 Å². The van der Waals surface area contributed by atoms with Crippen molar-refractivity contribution in [2.75, 3.05) is 7.11 Å². The monoisotopic (exact) mass is 604 g/mol. The number of carbonyl (C=O) groups excluding carboxylic acids is 1. The first-order valence-electron chi connectivity index (χ1n) is 12.0. The Morgan fingerprint density at radius 1 is 0.765 bits per heavy atom. The highest BCUT2D eigenvalue weighted by atomic mass is 29.3. The minimum atomic E-state index is -3.40. The second kappa shape index (κ2) is 12.6. The zero-order valence-corrected chi connectivity index (χ0v) is 32.9. The standard InChI is InChI=1S/C19H52O8Si7/c1-15-16-18(17-20,19(21-2,23-30(3,4)5)24-31(6,7)8)22-34(29-25-28,26-32(9,10)11)27-33(12,13)14/h17H,15-16,29H2,1-14,28H3. The molecule has 0 aromatic rings. The van der Waals surface area contributed by atoms with E-state index in [9.17, 15) is 4.79 Å². The maximum absolute atomic E-state index is 13.2. The summed E-state index contributed by atoms with van der Waals surface area (Å²) in [7, 11) is -11.6. The summed E-state index contributed by atoms with van der Waals surface area (Å²) < 4.78 is 45.8. The van der Waals surface area contributed by atoms with Gasteiger partial charge in [0.1, 0.15) is 10.5 Å². The molecule has 0 radical (unpaired) electrons. The molecule has 0 rings (SSSR count). The smallest absolute Gasteiger partial charge is 0.465 e. The highest BCUT2D eigenvalue weighted by molar-refractivity contribution is 7.17. The fourth-order valence-electron chi connectivity index (χ4n) is 3.59. The van der Waals surface area contributed by atoms with Crippen molar-refractivity contribution < 1.29 is 35.2 Å². The molecule has 0 bridgehead atoms. The van der Waals surface area contributed by atoms with Crippen LogP contribution in [0.5, 0.6) is 0 Å². The summed E-state index contributed by atoms with van der Waals surface area (Å²) in [5.41, 5.74) is -1.56. The Bertz CT molecular complexity index is 609. The van der Waals surface area contributed by atoms with E-state index in [1.54, 1.807) is 0 Å². The number of methoxy groups -OCH3 is 1. The lowest BCUT2D eigenvalue weighted by Crippen LogP contribution is -2.73. The number of ether oxygens (including phenoxy) is 1. The first kappa shape index (κ1) is 34.9. The van der Waals surface area contributed by atoms with Crippen LogP contribution >= 0.6 is 0 Å². The first-order chi connectivity index (χ1) is 15.0. The summed E-state index contributed by atoms with van der Waals surface area (Å²) in [6, 6.07) is 0. The van der Waals surface area contributed by atoms with Crippen molar-refractivity contribution >= 4 is 67.6 Å². The van der Waals surface area contributed by atoms with Gasteiger partial charge in [-0.25, -0.2) is 0 Å². The van der Waals surface area contributed by atoms with Crippen molar-refractivity contribution in [1.82, 2.24) is 0 Å². The molecule has 0 aliphatic heterocycles. The molecule has 0 saturated heterocycles.